The van der Waals surface area contributed by atoms with Crippen molar-refractivity contribution in [3.63, 3.8) is 0 Å². The number of hydrogen-bond donors (Lipinski definition) is 2. The first kappa shape index (κ1) is 16.5. The molecule has 1 amide bonds. The topological polar surface area (TPSA) is 78.5 Å². The molecular weight excluding hydrogens is 326 g/mol. The third-order valence-electron chi connectivity index (χ3n) is 3.97. The Kier molecular flexibility index (Phi) is 4.06. The Balaban J connectivity index is 2.02. The lowest BCUT2D eigenvalue weighted by Crippen LogP contribution is -2.35. The molecule has 1 aliphatic rings. The maximum atomic E-state index is 12.3. The first-order valence-electron chi connectivity index (χ1n) is 7.49. The zero-order chi connectivity index (χ0) is 17.5. The van der Waals surface area contributed by atoms with Gasteiger partial charge in [-0.1, -0.05) is 18.2 Å². The number of rotatable bonds is 4. The van der Waals surface area contributed by atoms with Gasteiger partial charge >= 0.3 is 0 Å². The van der Waals surface area contributed by atoms with E-state index >= 15 is 0 Å². The van der Waals surface area contributed by atoms with Crippen LogP contribution in [0.4, 0.5) is 5.69 Å². The van der Waals surface area contributed by atoms with Gasteiger partial charge in [0.05, 0.1) is 12.8 Å². The van der Waals surface area contributed by atoms with Crippen molar-refractivity contribution >= 4 is 21.6 Å². The second-order valence-corrected chi connectivity index (χ2v) is 7.65. The third kappa shape index (κ3) is 3.13. The van der Waals surface area contributed by atoms with Crippen LogP contribution in [0.2, 0.25) is 0 Å². The van der Waals surface area contributed by atoms with E-state index in [0.717, 1.165) is 34.1 Å². The van der Waals surface area contributed by atoms with Gasteiger partial charge in [0.15, 0.2) is 0 Å². The number of aryl methyl sites for hydroxylation is 1. The second kappa shape index (κ2) is 5.92. The van der Waals surface area contributed by atoms with Crippen LogP contribution < -0.4 is 10.1 Å². The highest BCUT2D eigenvalue weighted by Crippen LogP contribution is 2.31. The molecule has 126 valence electrons. The number of hydrazine groups is 1. The minimum atomic E-state index is -3.32. The minimum Gasteiger partial charge on any atom is -0.284 e. The van der Waals surface area contributed by atoms with Crippen LogP contribution in [0.1, 0.15) is 21.5 Å². The standard InChI is InChI=1S/C17H19N3O3S/c1-11-7-13(8-14-10-20(18-2)17(21)16(11)14)12-5-4-6-15(9-12)19-24(3,22)23/h4-9,18-19H,10H2,1-3H3. The van der Waals surface area contributed by atoms with Crippen molar-refractivity contribution in [1.29, 1.82) is 0 Å². The van der Waals surface area contributed by atoms with Gasteiger partial charge in [0.25, 0.3) is 5.91 Å². The highest BCUT2D eigenvalue weighted by Gasteiger charge is 2.28. The van der Waals surface area contributed by atoms with Crippen molar-refractivity contribution in [1.82, 2.24) is 10.4 Å². The molecule has 0 atom stereocenters. The molecule has 3 rings (SSSR count). The van der Waals surface area contributed by atoms with E-state index in [4.69, 9.17) is 0 Å². The molecule has 0 saturated heterocycles. The highest BCUT2D eigenvalue weighted by atomic mass is 32.2. The van der Waals surface area contributed by atoms with E-state index in [1.54, 1.807) is 30.3 Å². The number of carbonyl (C=O) groups is 1. The fourth-order valence-corrected chi connectivity index (χ4v) is 3.55. The number of nitrogens with one attached hydrogen (secondary N) is 2. The van der Waals surface area contributed by atoms with Crippen molar-refractivity contribution < 1.29 is 13.2 Å². The molecule has 2 aromatic rings. The Labute approximate surface area is 141 Å². The minimum absolute atomic E-state index is 0.0240. The summed E-state index contributed by atoms with van der Waals surface area (Å²) in [7, 11) is -1.60. The maximum Gasteiger partial charge on any atom is 0.268 e. The van der Waals surface area contributed by atoms with Crippen LogP contribution >= 0.6 is 0 Å². The van der Waals surface area contributed by atoms with E-state index in [-0.39, 0.29) is 5.91 Å². The molecule has 0 radical (unpaired) electrons. The first-order chi connectivity index (χ1) is 11.3. The smallest absolute Gasteiger partial charge is 0.268 e. The van der Waals surface area contributed by atoms with Crippen molar-refractivity contribution in [3.05, 3.63) is 53.1 Å². The first-order valence-corrected chi connectivity index (χ1v) is 9.38. The molecule has 1 heterocycles. The van der Waals surface area contributed by atoms with Crippen LogP contribution in [0.15, 0.2) is 36.4 Å². The number of fused-ring (bicyclic) bond motifs is 1. The number of benzene rings is 2. The van der Waals surface area contributed by atoms with Crippen LogP contribution in [-0.4, -0.2) is 32.6 Å². The molecule has 2 aromatic carbocycles. The average molecular weight is 345 g/mol. The van der Waals surface area contributed by atoms with Gasteiger partial charge in [-0.2, -0.15) is 0 Å². The SMILES string of the molecule is CNN1Cc2cc(-c3cccc(NS(C)(=O)=O)c3)cc(C)c2C1=O. The van der Waals surface area contributed by atoms with Gasteiger partial charge in [-0.05, 0) is 47.4 Å². The van der Waals surface area contributed by atoms with E-state index in [0.29, 0.717) is 12.2 Å². The lowest BCUT2D eigenvalue weighted by molar-refractivity contribution is 0.0706. The maximum absolute atomic E-state index is 12.3. The van der Waals surface area contributed by atoms with Crippen LogP contribution in [0.3, 0.4) is 0 Å². The van der Waals surface area contributed by atoms with Gasteiger partial charge in [-0.3, -0.25) is 14.5 Å². The molecule has 0 saturated carbocycles. The van der Waals surface area contributed by atoms with Crippen molar-refractivity contribution in [2.24, 2.45) is 0 Å². The van der Waals surface area contributed by atoms with E-state index in [1.165, 1.54) is 0 Å². The molecule has 0 bridgehead atoms. The molecule has 7 heteroatoms. The fourth-order valence-electron chi connectivity index (χ4n) is 2.99. The summed E-state index contributed by atoms with van der Waals surface area (Å²) in [5.74, 6) is -0.0240. The van der Waals surface area contributed by atoms with Gasteiger partial charge in [0, 0.05) is 18.3 Å². The molecule has 6 nitrogen and oxygen atoms in total. The lowest BCUT2D eigenvalue weighted by atomic mass is 9.96. The number of nitrogens with zero attached hydrogens (tertiary/aromatic N) is 1. The Morgan fingerprint density at radius 2 is 1.88 bits per heavy atom. The molecule has 24 heavy (non-hydrogen) atoms. The number of amides is 1. The number of hydrogen-bond acceptors (Lipinski definition) is 4. The summed E-state index contributed by atoms with van der Waals surface area (Å²) in [5, 5.41) is 1.57. The predicted octanol–water partition coefficient (Wildman–Crippen LogP) is 2.12. The predicted molar refractivity (Wildman–Crippen MR) is 94.0 cm³/mol. The summed E-state index contributed by atoms with van der Waals surface area (Å²) < 4.78 is 25.3. The van der Waals surface area contributed by atoms with E-state index in [9.17, 15) is 13.2 Å². The summed E-state index contributed by atoms with van der Waals surface area (Å²) in [6, 6.07) is 11.1. The second-order valence-electron chi connectivity index (χ2n) is 5.90. The quantitative estimate of drug-likeness (QED) is 0.890. The Morgan fingerprint density at radius 1 is 1.12 bits per heavy atom. The van der Waals surface area contributed by atoms with Gasteiger partial charge in [-0.15, -0.1) is 0 Å². The van der Waals surface area contributed by atoms with Crippen LogP contribution in [0.25, 0.3) is 11.1 Å². The summed E-state index contributed by atoms with van der Waals surface area (Å²) >= 11 is 0. The van der Waals surface area contributed by atoms with Gasteiger partial charge in [0.1, 0.15) is 0 Å². The summed E-state index contributed by atoms with van der Waals surface area (Å²) in [6.07, 6.45) is 1.12. The molecule has 0 unspecified atom stereocenters. The van der Waals surface area contributed by atoms with Crippen LogP contribution in [0.5, 0.6) is 0 Å². The van der Waals surface area contributed by atoms with E-state index in [2.05, 4.69) is 10.1 Å². The van der Waals surface area contributed by atoms with Crippen LogP contribution in [0, 0.1) is 6.92 Å². The van der Waals surface area contributed by atoms with Gasteiger partial charge in [0.2, 0.25) is 10.0 Å². The van der Waals surface area contributed by atoms with Crippen molar-refractivity contribution in [2.75, 3.05) is 18.0 Å². The largest absolute Gasteiger partial charge is 0.284 e. The lowest BCUT2D eigenvalue weighted by Gasteiger charge is -2.12. The molecule has 0 spiro atoms. The average Bonchev–Trinajstić information content (AvgIpc) is 2.82. The van der Waals surface area contributed by atoms with Crippen LogP contribution in [-0.2, 0) is 16.6 Å². The Hall–Kier alpha value is -2.38. The zero-order valence-corrected chi connectivity index (χ0v) is 14.6. The van der Waals surface area contributed by atoms with Gasteiger partial charge < -0.3 is 0 Å². The third-order valence-corrected chi connectivity index (χ3v) is 4.58. The van der Waals surface area contributed by atoms with E-state index in [1.807, 2.05) is 25.1 Å². The normalized spacial score (nSPS) is 14.0. The highest BCUT2D eigenvalue weighted by molar-refractivity contribution is 7.92. The zero-order valence-electron chi connectivity index (χ0n) is 13.8. The molecule has 0 aromatic heterocycles. The summed E-state index contributed by atoms with van der Waals surface area (Å²) in [5.41, 5.74) is 7.86. The summed E-state index contributed by atoms with van der Waals surface area (Å²) in [4.78, 5) is 12.3. The number of anilines is 1. The number of sulfonamides is 1. The summed E-state index contributed by atoms with van der Waals surface area (Å²) in [6.45, 7) is 2.43. The molecule has 0 fully saturated rings. The molecule has 0 aliphatic carbocycles. The van der Waals surface area contributed by atoms with Crippen molar-refractivity contribution in [2.45, 2.75) is 13.5 Å². The monoisotopic (exact) mass is 345 g/mol. The van der Waals surface area contributed by atoms with Crippen molar-refractivity contribution in [3.8, 4) is 11.1 Å². The Morgan fingerprint density at radius 3 is 2.54 bits per heavy atom. The fraction of sp³-hybridized carbons (Fsp3) is 0.235. The molecular formula is C17H19N3O3S. The number of carbonyl (C=O) groups excluding carboxylic acids is 1. The van der Waals surface area contributed by atoms with E-state index < -0.39 is 10.0 Å². The molecule has 1 aliphatic heterocycles. The van der Waals surface area contributed by atoms with Gasteiger partial charge in [-0.25, -0.2) is 13.8 Å². The Bertz CT molecular complexity index is 923. The molecule has 2 N–H and O–H groups in total.